The van der Waals surface area contributed by atoms with E-state index in [1.54, 1.807) is 19.9 Å². The third-order valence-electron chi connectivity index (χ3n) is 1.90. The van der Waals surface area contributed by atoms with Gasteiger partial charge in [0.1, 0.15) is 6.04 Å². The number of carbonyl (C=O) groups is 1. The molecule has 0 radical (unpaired) electrons. The number of hydrogen-bond donors (Lipinski definition) is 2. The lowest BCUT2D eigenvalue weighted by atomic mass is 10.2. The van der Waals surface area contributed by atoms with E-state index in [0.29, 0.717) is 0 Å². The van der Waals surface area contributed by atoms with Gasteiger partial charge in [-0.25, -0.2) is 8.42 Å². The first kappa shape index (κ1) is 13.9. The Morgan fingerprint density at radius 1 is 1.47 bits per heavy atom. The van der Waals surface area contributed by atoms with Crippen molar-refractivity contribution in [3.05, 3.63) is 0 Å². The summed E-state index contributed by atoms with van der Waals surface area (Å²) in [6, 6.07) is 0.448. The van der Waals surface area contributed by atoms with Gasteiger partial charge in [-0.05, 0) is 12.8 Å². The summed E-state index contributed by atoms with van der Waals surface area (Å²) in [5.41, 5.74) is 0. The van der Waals surface area contributed by atoms with Gasteiger partial charge in [-0.1, -0.05) is 13.8 Å². The van der Waals surface area contributed by atoms with Crippen molar-refractivity contribution in [3.8, 4) is 6.07 Å². The van der Waals surface area contributed by atoms with Crippen LogP contribution in [0.2, 0.25) is 0 Å². The zero-order valence-electron chi connectivity index (χ0n) is 8.60. The Labute approximate surface area is 89.0 Å². The Hall–Kier alpha value is -1.13. The number of sulfonamides is 1. The Kier molecular flexibility index (Phi) is 5.25. The van der Waals surface area contributed by atoms with E-state index in [9.17, 15) is 13.2 Å². The standard InChI is InChI=1S/C8H14N2O4S/c1-3-6(5-9)15(13,14)10-7(4-2)8(11)12/h6-7,10H,3-4H2,1-2H3,(H,11,12). The van der Waals surface area contributed by atoms with Crippen molar-refractivity contribution in [1.82, 2.24) is 4.72 Å². The molecular weight excluding hydrogens is 220 g/mol. The van der Waals surface area contributed by atoms with Crippen LogP contribution in [0.15, 0.2) is 0 Å². The van der Waals surface area contributed by atoms with Crippen LogP contribution in [0, 0.1) is 11.3 Å². The molecule has 0 aromatic carbocycles. The van der Waals surface area contributed by atoms with E-state index in [4.69, 9.17) is 10.4 Å². The molecule has 0 amide bonds. The third-order valence-corrected chi connectivity index (χ3v) is 3.70. The molecule has 2 atom stereocenters. The number of aliphatic carboxylic acids is 1. The first-order valence-corrected chi connectivity index (χ1v) is 6.07. The molecule has 0 spiro atoms. The summed E-state index contributed by atoms with van der Waals surface area (Å²) in [6.07, 6.45) is 0.262. The van der Waals surface area contributed by atoms with Gasteiger partial charge in [0.25, 0.3) is 0 Å². The molecule has 0 rings (SSSR count). The molecule has 2 N–H and O–H groups in total. The molecule has 0 fully saturated rings. The SMILES string of the molecule is CCC(NS(=O)(=O)C(C#N)CC)C(=O)O. The normalized spacial score (nSPS) is 15.3. The van der Waals surface area contributed by atoms with Gasteiger partial charge in [-0.3, -0.25) is 4.79 Å². The Balaban J connectivity index is 4.78. The number of nitrogens with zero attached hydrogens (tertiary/aromatic N) is 1. The van der Waals surface area contributed by atoms with Gasteiger partial charge >= 0.3 is 5.97 Å². The van der Waals surface area contributed by atoms with Crippen molar-refractivity contribution < 1.29 is 18.3 Å². The van der Waals surface area contributed by atoms with Gasteiger partial charge in [0.15, 0.2) is 5.25 Å². The smallest absolute Gasteiger partial charge is 0.321 e. The fourth-order valence-corrected chi connectivity index (χ4v) is 2.37. The van der Waals surface area contributed by atoms with Crippen molar-refractivity contribution >= 4 is 16.0 Å². The molecular formula is C8H14N2O4S. The van der Waals surface area contributed by atoms with Gasteiger partial charge in [-0.2, -0.15) is 9.98 Å². The maximum Gasteiger partial charge on any atom is 0.321 e. The minimum atomic E-state index is -3.87. The number of hydrogen-bond acceptors (Lipinski definition) is 4. The second kappa shape index (κ2) is 5.68. The van der Waals surface area contributed by atoms with Gasteiger partial charge in [0.2, 0.25) is 10.0 Å². The van der Waals surface area contributed by atoms with E-state index in [-0.39, 0.29) is 12.8 Å². The van der Waals surface area contributed by atoms with Crippen molar-refractivity contribution in [2.75, 3.05) is 0 Å². The summed E-state index contributed by atoms with van der Waals surface area (Å²) in [5.74, 6) is -1.24. The molecule has 6 nitrogen and oxygen atoms in total. The summed E-state index contributed by atoms with van der Waals surface area (Å²) in [7, 11) is -3.87. The molecule has 0 aromatic heterocycles. The highest BCUT2D eigenvalue weighted by Crippen LogP contribution is 2.05. The lowest BCUT2D eigenvalue weighted by Gasteiger charge is -2.14. The molecule has 0 heterocycles. The zero-order chi connectivity index (χ0) is 12.1. The topological polar surface area (TPSA) is 107 Å². The lowest BCUT2D eigenvalue weighted by molar-refractivity contribution is -0.139. The number of carboxylic acids is 1. The quantitative estimate of drug-likeness (QED) is 0.676. The van der Waals surface area contributed by atoms with E-state index in [1.807, 2.05) is 4.72 Å². The maximum absolute atomic E-state index is 11.5. The largest absolute Gasteiger partial charge is 0.480 e. The number of nitrogens with one attached hydrogen (secondary N) is 1. The lowest BCUT2D eigenvalue weighted by Crippen LogP contribution is -2.44. The Morgan fingerprint density at radius 3 is 2.27 bits per heavy atom. The monoisotopic (exact) mass is 234 g/mol. The van der Waals surface area contributed by atoms with E-state index in [0.717, 1.165) is 0 Å². The van der Waals surface area contributed by atoms with Crippen LogP contribution in [0.25, 0.3) is 0 Å². The second-order valence-electron chi connectivity index (χ2n) is 2.99. The van der Waals surface area contributed by atoms with Crippen molar-refractivity contribution in [2.45, 2.75) is 38.0 Å². The average molecular weight is 234 g/mol. The fraction of sp³-hybridized carbons (Fsp3) is 0.750. The molecule has 0 aliphatic rings. The van der Waals surface area contributed by atoms with Crippen LogP contribution in [0.5, 0.6) is 0 Å². The predicted molar refractivity (Wildman–Crippen MR) is 53.5 cm³/mol. The Morgan fingerprint density at radius 2 is 2.00 bits per heavy atom. The molecule has 7 heteroatoms. The van der Waals surface area contributed by atoms with Crippen LogP contribution in [0.3, 0.4) is 0 Å². The van der Waals surface area contributed by atoms with E-state index in [1.165, 1.54) is 0 Å². The molecule has 0 aromatic rings. The van der Waals surface area contributed by atoms with Crippen LogP contribution in [0.1, 0.15) is 26.7 Å². The van der Waals surface area contributed by atoms with E-state index >= 15 is 0 Å². The highest BCUT2D eigenvalue weighted by Gasteiger charge is 2.28. The van der Waals surface area contributed by atoms with Gasteiger partial charge in [0.05, 0.1) is 6.07 Å². The molecule has 0 aliphatic carbocycles. The molecule has 86 valence electrons. The number of rotatable bonds is 6. The van der Waals surface area contributed by atoms with Crippen LogP contribution < -0.4 is 4.72 Å². The van der Waals surface area contributed by atoms with Crippen molar-refractivity contribution in [1.29, 1.82) is 5.26 Å². The molecule has 0 saturated carbocycles. The minimum absolute atomic E-state index is 0.127. The van der Waals surface area contributed by atoms with Crippen LogP contribution in [-0.4, -0.2) is 30.8 Å². The summed E-state index contributed by atoms with van der Waals surface area (Å²) in [4.78, 5) is 10.6. The van der Waals surface area contributed by atoms with Gasteiger partial charge < -0.3 is 5.11 Å². The third kappa shape index (κ3) is 3.85. The van der Waals surface area contributed by atoms with Crippen LogP contribution in [0.4, 0.5) is 0 Å². The summed E-state index contributed by atoms with van der Waals surface area (Å²) >= 11 is 0. The second-order valence-corrected chi connectivity index (χ2v) is 4.88. The van der Waals surface area contributed by atoms with Gasteiger partial charge in [-0.15, -0.1) is 0 Å². The predicted octanol–water partition coefficient (Wildman–Crippen LogP) is 0.0712. The molecule has 0 saturated heterocycles. The molecule has 0 bridgehead atoms. The molecule has 15 heavy (non-hydrogen) atoms. The van der Waals surface area contributed by atoms with E-state index < -0.39 is 27.3 Å². The molecule has 0 aliphatic heterocycles. The Bertz CT molecular complexity index is 357. The molecule has 2 unspecified atom stereocenters. The highest BCUT2D eigenvalue weighted by molar-refractivity contribution is 7.90. The summed E-state index contributed by atoms with van der Waals surface area (Å²) in [6.45, 7) is 3.10. The van der Waals surface area contributed by atoms with Crippen LogP contribution >= 0.6 is 0 Å². The maximum atomic E-state index is 11.5. The fourth-order valence-electron chi connectivity index (χ4n) is 0.969. The van der Waals surface area contributed by atoms with Gasteiger partial charge in [0, 0.05) is 0 Å². The average Bonchev–Trinajstić information content (AvgIpc) is 2.15. The highest BCUT2D eigenvalue weighted by atomic mass is 32.2. The van der Waals surface area contributed by atoms with Crippen LogP contribution in [-0.2, 0) is 14.8 Å². The van der Waals surface area contributed by atoms with Crippen molar-refractivity contribution in [3.63, 3.8) is 0 Å². The first-order valence-electron chi connectivity index (χ1n) is 4.52. The van der Waals surface area contributed by atoms with E-state index in [2.05, 4.69) is 0 Å². The zero-order valence-corrected chi connectivity index (χ0v) is 9.41. The number of carboxylic acid groups (broad SMARTS) is 1. The summed E-state index contributed by atoms with van der Waals surface area (Å²) in [5, 5.41) is 16.0. The minimum Gasteiger partial charge on any atom is -0.480 e. The van der Waals surface area contributed by atoms with Crippen molar-refractivity contribution in [2.24, 2.45) is 0 Å². The first-order chi connectivity index (χ1) is 6.88. The summed E-state index contributed by atoms with van der Waals surface area (Å²) < 4.78 is 24.9. The number of nitriles is 1.